The number of aryl methyl sites for hydroxylation is 1. The summed E-state index contributed by atoms with van der Waals surface area (Å²) < 4.78 is 2.43. The van der Waals surface area contributed by atoms with E-state index in [2.05, 4.69) is 4.99 Å². The van der Waals surface area contributed by atoms with Gasteiger partial charge in [-0.1, -0.05) is 22.9 Å². The molecule has 0 spiro atoms. The predicted molar refractivity (Wildman–Crippen MR) is 88.8 cm³/mol. The second-order valence-corrected chi connectivity index (χ2v) is 6.22. The standard InChI is InChI=1S/C15H10ClN3O3S/c1-18-12-7-6-11(19(21)22)8-13(12)23-15(18)17-14(20)9-2-4-10(16)5-3-9/h2-8H,1H3. The Hall–Kier alpha value is -2.51. The molecular weight excluding hydrogens is 338 g/mol. The van der Waals surface area contributed by atoms with Crippen LogP contribution in [0.3, 0.4) is 0 Å². The number of hydrogen-bond acceptors (Lipinski definition) is 4. The van der Waals surface area contributed by atoms with Gasteiger partial charge in [0.2, 0.25) is 0 Å². The van der Waals surface area contributed by atoms with E-state index in [1.807, 2.05) is 0 Å². The Morgan fingerprint density at radius 2 is 1.96 bits per heavy atom. The van der Waals surface area contributed by atoms with Crippen LogP contribution in [0.5, 0.6) is 0 Å². The zero-order valence-electron chi connectivity index (χ0n) is 11.9. The monoisotopic (exact) mass is 347 g/mol. The first-order valence-corrected chi connectivity index (χ1v) is 7.74. The SMILES string of the molecule is Cn1c(=NC(=O)c2ccc(Cl)cc2)sc2cc([N+](=O)[O-])ccc21. The minimum Gasteiger partial charge on any atom is -0.319 e. The molecule has 0 radical (unpaired) electrons. The highest BCUT2D eigenvalue weighted by molar-refractivity contribution is 7.16. The van der Waals surface area contributed by atoms with Gasteiger partial charge in [0, 0.05) is 29.8 Å². The summed E-state index contributed by atoms with van der Waals surface area (Å²) in [7, 11) is 1.76. The van der Waals surface area contributed by atoms with Crippen molar-refractivity contribution in [1.82, 2.24) is 4.57 Å². The van der Waals surface area contributed by atoms with E-state index in [1.54, 1.807) is 41.9 Å². The number of hydrogen-bond donors (Lipinski definition) is 0. The number of halogens is 1. The third-order valence-corrected chi connectivity index (χ3v) is 4.64. The highest BCUT2D eigenvalue weighted by Crippen LogP contribution is 2.22. The maximum atomic E-state index is 12.2. The van der Waals surface area contributed by atoms with Crippen LogP contribution in [0.25, 0.3) is 10.2 Å². The van der Waals surface area contributed by atoms with Crippen LogP contribution in [-0.2, 0) is 7.05 Å². The number of thiazole rings is 1. The molecule has 0 atom stereocenters. The molecule has 8 heteroatoms. The number of carbonyl (C=O) groups is 1. The van der Waals surface area contributed by atoms with E-state index >= 15 is 0 Å². The smallest absolute Gasteiger partial charge is 0.279 e. The van der Waals surface area contributed by atoms with Crippen molar-refractivity contribution >= 4 is 44.7 Å². The number of amides is 1. The highest BCUT2D eigenvalue weighted by atomic mass is 35.5. The van der Waals surface area contributed by atoms with Crippen molar-refractivity contribution in [3.8, 4) is 0 Å². The van der Waals surface area contributed by atoms with Crippen LogP contribution in [0.2, 0.25) is 5.02 Å². The van der Waals surface area contributed by atoms with Gasteiger partial charge in [-0.15, -0.1) is 0 Å². The molecule has 3 rings (SSSR count). The predicted octanol–water partition coefficient (Wildman–Crippen LogP) is 3.54. The van der Waals surface area contributed by atoms with E-state index in [0.29, 0.717) is 20.1 Å². The molecule has 23 heavy (non-hydrogen) atoms. The normalized spacial score (nSPS) is 11.8. The molecule has 0 saturated carbocycles. The van der Waals surface area contributed by atoms with Gasteiger partial charge in [-0.05, 0) is 30.3 Å². The summed E-state index contributed by atoms with van der Waals surface area (Å²) in [5.41, 5.74) is 1.22. The number of benzene rings is 2. The zero-order chi connectivity index (χ0) is 16.6. The maximum Gasteiger partial charge on any atom is 0.279 e. The van der Waals surface area contributed by atoms with Crippen LogP contribution in [0.1, 0.15) is 10.4 Å². The Kier molecular flexibility index (Phi) is 3.97. The van der Waals surface area contributed by atoms with E-state index in [1.165, 1.54) is 23.5 Å². The first kappa shape index (κ1) is 15.4. The molecule has 0 aliphatic carbocycles. The number of carbonyl (C=O) groups excluding carboxylic acids is 1. The summed E-state index contributed by atoms with van der Waals surface area (Å²) in [6, 6.07) is 11.0. The number of nitrogens with zero attached hydrogens (tertiary/aromatic N) is 3. The quantitative estimate of drug-likeness (QED) is 0.525. The van der Waals surface area contributed by atoms with Gasteiger partial charge in [0.15, 0.2) is 4.80 Å². The van der Waals surface area contributed by atoms with Crippen molar-refractivity contribution in [3.63, 3.8) is 0 Å². The summed E-state index contributed by atoms with van der Waals surface area (Å²) in [6.45, 7) is 0. The number of aromatic nitrogens is 1. The Morgan fingerprint density at radius 3 is 2.61 bits per heavy atom. The Labute approximate surface area is 139 Å². The van der Waals surface area contributed by atoms with Gasteiger partial charge in [0.25, 0.3) is 11.6 Å². The fourth-order valence-electron chi connectivity index (χ4n) is 2.09. The Morgan fingerprint density at radius 1 is 1.26 bits per heavy atom. The third kappa shape index (κ3) is 3.01. The number of fused-ring (bicyclic) bond motifs is 1. The lowest BCUT2D eigenvalue weighted by molar-refractivity contribution is -0.384. The average molecular weight is 348 g/mol. The topological polar surface area (TPSA) is 77.5 Å². The van der Waals surface area contributed by atoms with Crippen molar-refractivity contribution < 1.29 is 9.72 Å². The molecule has 1 amide bonds. The largest absolute Gasteiger partial charge is 0.319 e. The Bertz CT molecular complexity index is 989. The summed E-state index contributed by atoms with van der Waals surface area (Å²) in [6.07, 6.45) is 0. The van der Waals surface area contributed by atoms with Crippen molar-refractivity contribution in [1.29, 1.82) is 0 Å². The van der Waals surface area contributed by atoms with Crippen molar-refractivity contribution in [3.05, 3.63) is 68.0 Å². The molecule has 0 bridgehead atoms. The summed E-state index contributed by atoms with van der Waals surface area (Å²) in [4.78, 5) is 27.2. The number of nitro benzene ring substituents is 1. The van der Waals surface area contributed by atoms with Crippen LogP contribution in [-0.4, -0.2) is 15.4 Å². The van der Waals surface area contributed by atoms with Gasteiger partial charge < -0.3 is 4.57 Å². The molecule has 0 fully saturated rings. The second-order valence-electron chi connectivity index (χ2n) is 4.78. The van der Waals surface area contributed by atoms with Gasteiger partial charge in [0.1, 0.15) is 0 Å². The molecule has 1 aromatic heterocycles. The van der Waals surface area contributed by atoms with Crippen LogP contribution in [0.4, 0.5) is 5.69 Å². The first-order valence-electron chi connectivity index (χ1n) is 6.54. The third-order valence-electron chi connectivity index (χ3n) is 3.29. The number of nitro groups is 1. The number of non-ortho nitro benzene ring substituents is 1. The van der Waals surface area contributed by atoms with E-state index in [0.717, 1.165) is 5.52 Å². The molecule has 0 aliphatic rings. The van der Waals surface area contributed by atoms with Gasteiger partial charge >= 0.3 is 0 Å². The molecule has 0 N–H and O–H groups in total. The minimum absolute atomic E-state index is 0.00919. The lowest BCUT2D eigenvalue weighted by Gasteiger charge is -1.96. The van der Waals surface area contributed by atoms with Gasteiger partial charge in [-0.2, -0.15) is 4.99 Å². The van der Waals surface area contributed by atoms with Crippen LogP contribution < -0.4 is 4.80 Å². The van der Waals surface area contributed by atoms with Crippen molar-refractivity contribution in [2.45, 2.75) is 0 Å². The summed E-state index contributed by atoms with van der Waals surface area (Å²) in [5.74, 6) is -0.390. The van der Waals surface area contributed by atoms with Gasteiger partial charge in [0.05, 0.1) is 15.1 Å². The van der Waals surface area contributed by atoms with Crippen LogP contribution in [0.15, 0.2) is 47.5 Å². The molecular formula is C15H10ClN3O3S. The average Bonchev–Trinajstić information content (AvgIpc) is 2.83. The number of rotatable bonds is 2. The molecule has 2 aromatic carbocycles. The molecule has 6 nitrogen and oxygen atoms in total. The van der Waals surface area contributed by atoms with E-state index in [-0.39, 0.29) is 5.69 Å². The minimum atomic E-state index is -0.450. The molecule has 3 aromatic rings. The fraction of sp³-hybridized carbons (Fsp3) is 0.0667. The van der Waals surface area contributed by atoms with Gasteiger partial charge in [-0.3, -0.25) is 14.9 Å². The molecule has 0 aliphatic heterocycles. The maximum absolute atomic E-state index is 12.2. The van der Waals surface area contributed by atoms with E-state index in [9.17, 15) is 14.9 Å². The molecule has 116 valence electrons. The van der Waals surface area contributed by atoms with Crippen molar-refractivity contribution in [2.24, 2.45) is 12.0 Å². The second kappa shape index (κ2) is 5.94. The van der Waals surface area contributed by atoms with Crippen LogP contribution in [0, 0.1) is 10.1 Å². The van der Waals surface area contributed by atoms with E-state index in [4.69, 9.17) is 11.6 Å². The summed E-state index contributed by atoms with van der Waals surface area (Å²) in [5, 5.41) is 11.4. The molecule has 0 saturated heterocycles. The van der Waals surface area contributed by atoms with Crippen LogP contribution >= 0.6 is 22.9 Å². The summed E-state index contributed by atoms with van der Waals surface area (Å²) >= 11 is 7.02. The zero-order valence-corrected chi connectivity index (χ0v) is 13.5. The molecule has 0 unspecified atom stereocenters. The lowest BCUT2D eigenvalue weighted by Crippen LogP contribution is -2.13. The van der Waals surface area contributed by atoms with Gasteiger partial charge in [-0.25, -0.2) is 0 Å². The lowest BCUT2D eigenvalue weighted by atomic mass is 10.2. The van der Waals surface area contributed by atoms with E-state index < -0.39 is 10.8 Å². The highest BCUT2D eigenvalue weighted by Gasteiger charge is 2.11. The fourth-order valence-corrected chi connectivity index (χ4v) is 3.26. The van der Waals surface area contributed by atoms with Crippen molar-refractivity contribution in [2.75, 3.05) is 0 Å². The Balaban J connectivity index is 2.08. The first-order chi connectivity index (χ1) is 11.0. The molecule has 1 heterocycles.